The number of benzene rings is 1. The summed E-state index contributed by atoms with van der Waals surface area (Å²) in [5.41, 5.74) is 8.03. The molecule has 2 heterocycles. The highest BCUT2D eigenvalue weighted by Crippen LogP contribution is 2.31. The number of nitrogens with one attached hydrogen (secondary N) is 2. The number of ether oxygens (including phenoxy) is 1. The number of aromatic nitrogens is 1. The van der Waals surface area contributed by atoms with E-state index in [-0.39, 0.29) is 35.9 Å². The van der Waals surface area contributed by atoms with Crippen molar-refractivity contribution in [2.45, 2.75) is 25.9 Å². The fraction of sp³-hybridized carbons (Fsp3) is 0.278. The number of pyridine rings is 1. The summed E-state index contributed by atoms with van der Waals surface area (Å²) < 4.78 is 5.64. The number of nitrogens with two attached hydrogens (primary N) is 1. The lowest BCUT2D eigenvalue weighted by Crippen LogP contribution is -2.37. The molecule has 1 amide bonds. The van der Waals surface area contributed by atoms with Crippen LogP contribution in [0.1, 0.15) is 30.5 Å². The number of aliphatic imine (C=N–C) groups is 1. The Hall–Kier alpha value is -2.36. The van der Waals surface area contributed by atoms with Crippen LogP contribution in [0.2, 0.25) is 0 Å². The molecule has 0 bridgehead atoms. The van der Waals surface area contributed by atoms with Crippen LogP contribution in [-0.2, 0) is 11.3 Å². The second kappa shape index (κ2) is 9.37. The minimum absolute atomic E-state index is 0. The Morgan fingerprint density at radius 1 is 1.35 bits per heavy atom. The number of carbonyl (C=O) groups excluding carboxylic acids is 1. The van der Waals surface area contributed by atoms with Crippen LogP contribution in [-0.4, -0.2) is 23.5 Å². The van der Waals surface area contributed by atoms with Gasteiger partial charge in [0, 0.05) is 25.1 Å². The molecule has 2 aromatic rings. The van der Waals surface area contributed by atoms with Crippen molar-refractivity contribution < 1.29 is 9.53 Å². The third-order valence-electron chi connectivity index (χ3n) is 3.84. The standard InChI is InChI=1S/C18H21N5O2.HI/c1-12(24)22-17-7-6-13(10-20-17)11-21-18(19)23-15-8-9-25-16-5-3-2-4-14(15)16;/h2-7,10,15H,8-9,11H2,1H3,(H3,19,21,23)(H,20,22,24);1H. The molecule has 1 aromatic carbocycles. The van der Waals surface area contributed by atoms with Gasteiger partial charge in [-0.05, 0) is 17.7 Å². The fourth-order valence-corrected chi connectivity index (χ4v) is 2.66. The number of anilines is 1. The van der Waals surface area contributed by atoms with Crippen LogP contribution in [0.25, 0.3) is 0 Å². The zero-order chi connectivity index (χ0) is 17.6. The minimum atomic E-state index is -0.150. The van der Waals surface area contributed by atoms with E-state index >= 15 is 0 Å². The van der Waals surface area contributed by atoms with Crippen molar-refractivity contribution in [1.29, 1.82) is 0 Å². The number of rotatable bonds is 4. The van der Waals surface area contributed by atoms with Crippen LogP contribution in [0, 0.1) is 0 Å². The second-order valence-corrected chi connectivity index (χ2v) is 5.81. The molecular formula is C18H22IN5O2. The first-order valence-corrected chi connectivity index (χ1v) is 8.12. The Kier molecular flexibility index (Phi) is 7.19. The van der Waals surface area contributed by atoms with Gasteiger partial charge in [0.15, 0.2) is 5.96 Å². The molecule has 1 aliphatic rings. The highest BCUT2D eigenvalue weighted by molar-refractivity contribution is 14.0. The molecular weight excluding hydrogens is 445 g/mol. The van der Waals surface area contributed by atoms with Gasteiger partial charge in [-0.3, -0.25) is 4.79 Å². The van der Waals surface area contributed by atoms with E-state index in [2.05, 4.69) is 20.6 Å². The van der Waals surface area contributed by atoms with E-state index in [0.717, 1.165) is 23.3 Å². The monoisotopic (exact) mass is 467 g/mol. The van der Waals surface area contributed by atoms with E-state index in [4.69, 9.17) is 10.5 Å². The molecule has 26 heavy (non-hydrogen) atoms. The van der Waals surface area contributed by atoms with Gasteiger partial charge in [-0.25, -0.2) is 9.98 Å². The van der Waals surface area contributed by atoms with Crippen molar-refractivity contribution in [2.75, 3.05) is 11.9 Å². The van der Waals surface area contributed by atoms with Gasteiger partial charge in [0.25, 0.3) is 0 Å². The Labute approximate surface area is 169 Å². The number of para-hydroxylation sites is 1. The normalized spacial score (nSPS) is 15.9. The number of hydrogen-bond donors (Lipinski definition) is 3. The van der Waals surface area contributed by atoms with Gasteiger partial charge >= 0.3 is 0 Å². The largest absolute Gasteiger partial charge is 0.493 e. The average Bonchev–Trinajstić information content (AvgIpc) is 2.61. The summed E-state index contributed by atoms with van der Waals surface area (Å²) in [5, 5.41) is 5.88. The maximum atomic E-state index is 11.0. The lowest BCUT2D eigenvalue weighted by molar-refractivity contribution is -0.114. The summed E-state index contributed by atoms with van der Waals surface area (Å²) >= 11 is 0. The lowest BCUT2D eigenvalue weighted by Gasteiger charge is -2.26. The minimum Gasteiger partial charge on any atom is -0.493 e. The van der Waals surface area contributed by atoms with Gasteiger partial charge in [-0.2, -0.15) is 0 Å². The van der Waals surface area contributed by atoms with Crippen molar-refractivity contribution >= 4 is 41.7 Å². The summed E-state index contributed by atoms with van der Waals surface area (Å²) in [4.78, 5) is 19.5. The van der Waals surface area contributed by atoms with E-state index in [1.165, 1.54) is 6.92 Å². The maximum absolute atomic E-state index is 11.0. The molecule has 1 aromatic heterocycles. The number of nitrogens with zero attached hydrogens (tertiary/aromatic N) is 2. The number of hydrogen-bond acceptors (Lipinski definition) is 4. The van der Waals surface area contributed by atoms with Gasteiger partial charge in [0.05, 0.1) is 19.2 Å². The van der Waals surface area contributed by atoms with Crippen LogP contribution < -0.4 is 21.1 Å². The number of carbonyl (C=O) groups is 1. The zero-order valence-corrected chi connectivity index (χ0v) is 16.8. The SMILES string of the molecule is CC(=O)Nc1ccc(CN=C(N)NC2CCOc3ccccc32)cn1.I. The maximum Gasteiger partial charge on any atom is 0.222 e. The molecule has 0 fully saturated rings. The summed E-state index contributed by atoms with van der Waals surface area (Å²) in [6, 6.07) is 11.6. The van der Waals surface area contributed by atoms with E-state index in [9.17, 15) is 4.79 Å². The van der Waals surface area contributed by atoms with E-state index in [1.807, 2.05) is 30.3 Å². The number of amides is 1. The topological polar surface area (TPSA) is 102 Å². The first kappa shape index (κ1) is 20.0. The van der Waals surface area contributed by atoms with Gasteiger partial charge in [-0.15, -0.1) is 24.0 Å². The predicted octanol–water partition coefficient (Wildman–Crippen LogP) is 2.59. The Bertz CT molecular complexity index is 779. The summed E-state index contributed by atoms with van der Waals surface area (Å²) in [6.45, 7) is 2.51. The molecule has 3 rings (SSSR count). The van der Waals surface area contributed by atoms with Crippen molar-refractivity contribution in [3.05, 3.63) is 53.7 Å². The first-order valence-electron chi connectivity index (χ1n) is 8.12. The lowest BCUT2D eigenvalue weighted by atomic mass is 10.0. The summed E-state index contributed by atoms with van der Waals surface area (Å²) in [7, 11) is 0. The Balaban J connectivity index is 0.00000243. The van der Waals surface area contributed by atoms with E-state index in [1.54, 1.807) is 12.3 Å². The van der Waals surface area contributed by atoms with Gasteiger partial charge < -0.3 is 21.1 Å². The molecule has 0 radical (unpaired) electrons. The number of halogens is 1. The molecule has 0 aliphatic carbocycles. The van der Waals surface area contributed by atoms with E-state index < -0.39 is 0 Å². The molecule has 4 N–H and O–H groups in total. The van der Waals surface area contributed by atoms with Gasteiger partial charge in [-0.1, -0.05) is 24.3 Å². The van der Waals surface area contributed by atoms with Gasteiger partial charge in [0.2, 0.25) is 5.91 Å². The fourth-order valence-electron chi connectivity index (χ4n) is 2.66. The van der Waals surface area contributed by atoms with Crippen molar-refractivity contribution in [3.63, 3.8) is 0 Å². The molecule has 1 atom stereocenters. The number of guanidine groups is 1. The quantitative estimate of drug-likeness (QED) is 0.365. The second-order valence-electron chi connectivity index (χ2n) is 5.81. The van der Waals surface area contributed by atoms with Gasteiger partial charge in [0.1, 0.15) is 11.6 Å². The summed E-state index contributed by atoms with van der Waals surface area (Å²) in [5.74, 6) is 1.64. The molecule has 0 spiro atoms. The van der Waals surface area contributed by atoms with Crippen LogP contribution in [0.4, 0.5) is 5.82 Å². The molecule has 0 saturated heterocycles. The first-order chi connectivity index (χ1) is 12.1. The molecule has 0 saturated carbocycles. The molecule has 1 aliphatic heterocycles. The van der Waals surface area contributed by atoms with Crippen LogP contribution in [0.5, 0.6) is 5.75 Å². The average molecular weight is 467 g/mol. The molecule has 138 valence electrons. The van der Waals surface area contributed by atoms with E-state index in [0.29, 0.717) is 24.9 Å². The highest BCUT2D eigenvalue weighted by atomic mass is 127. The van der Waals surface area contributed by atoms with Crippen molar-refractivity contribution in [3.8, 4) is 5.75 Å². The van der Waals surface area contributed by atoms with Crippen LogP contribution in [0.3, 0.4) is 0 Å². The van der Waals surface area contributed by atoms with Crippen molar-refractivity contribution in [2.24, 2.45) is 10.7 Å². The Morgan fingerprint density at radius 3 is 2.88 bits per heavy atom. The van der Waals surface area contributed by atoms with Crippen LogP contribution >= 0.6 is 24.0 Å². The third-order valence-corrected chi connectivity index (χ3v) is 3.84. The Morgan fingerprint density at radius 2 is 2.15 bits per heavy atom. The third kappa shape index (κ3) is 5.32. The van der Waals surface area contributed by atoms with Crippen LogP contribution in [0.15, 0.2) is 47.6 Å². The molecule has 8 heteroatoms. The smallest absolute Gasteiger partial charge is 0.222 e. The summed E-state index contributed by atoms with van der Waals surface area (Å²) in [6.07, 6.45) is 2.51. The van der Waals surface area contributed by atoms with Crippen molar-refractivity contribution in [1.82, 2.24) is 10.3 Å². The highest BCUT2D eigenvalue weighted by Gasteiger charge is 2.21. The number of fused-ring (bicyclic) bond motifs is 1. The molecule has 1 unspecified atom stereocenters. The molecule has 7 nitrogen and oxygen atoms in total. The predicted molar refractivity (Wildman–Crippen MR) is 112 cm³/mol. The zero-order valence-electron chi connectivity index (χ0n) is 14.4.